The summed E-state index contributed by atoms with van der Waals surface area (Å²) in [5.74, 6) is 1.52. The van der Waals surface area contributed by atoms with Crippen LogP contribution in [-0.4, -0.2) is 26.3 Å². The third-order valence-electron chi connectivity index (χ3n) is 5.35. The van der Waals surface area contributed by atoms with Gasteiger partial charge in [0.15, 0.2) is 17.3 Å². The largest absolute Gasteiger partial charge is 0.493 e. The fourth-order valence-corrected chi connectivity index (χ4v) is 4.44. The average molecular weight is 381 g/mol. The van der Waals surface area contributed by atoms with E-state index >= 15 is 0 Å². The van der Waals surface area contributed by atoms with E-state index in [4.69, 9.17) is 9.47 Å². The summed E-state index contributed by atoms with van der Waals surface area (Å²) in [5, 5.41) is 3.50. The molecule has 4 rings (SSSR count). The van der Waals surface area contributed by atoms with Crippen molar-refractivity contribution in [1.82, 2.24) is 0 Å². The molecule has 0 amide bonds. The van der Waals surface area contributed by atoms with Crippen LogP contribution in [0.5, 0.6) is 11.5 Å². The van der Waals surface area contributed by atoms with Gasteiger partial charge in [-0.25, -0.2) is 0 Å². The lowest BCUT2D eigenvalue weighted by Gasteiger charge is -2.34. The number of benzene rings is 2. The van der Waals surface area contributed by atoms with Crippen LogP contribution in [-0.2, 0) is 4.79 Å². The molecule has 1 heterocycles. The minimum Gasteiger partial charge on any atom is -0.493 e. The maximum atomic E-state index is 12.9. The molecule has 27 heavy (non-hydrogen) atoms. The van der Waals surface area contributed by atoms with Crippen molar-refractivity contribution in [2.75, 3.05) is 25.8 Å². The standard InChI is InChI=1S/C22H23NO3S/c1-25-19-11-15-17(12-20(19)26-2)23-16-5-4-6-18(24)22(16)21(15)13-7-9-14(27-3)10-8-13/h7-12,21,23H,4-6H2,1-3H3. The van der Waals surface area contributed by atoms with Gasteiger partial charge in [0.25, 0.3) is 0 Å². The monoisotopic (exact) mass is 381 g/mol. The zero-order valence-electron chi connectivity index (χ0n) is 15.8. The molecule has 4 nitrogen and oxygen atoms in total. The molecule has 2 aromatic carbocycles. The Morgan fingerprint density at radius 1 is 1.04 bits per heavy atom. The van der Waals surface area contributed by atoms with Gasteiger partial charge in [0, 0.05) is 40.3 Å². The molecule has 2 aromatic rings. The molecule has 0 saturated heterocycles. The number of allylic oxidation sites excluding steroid dienone is 2. The number of ketones is 1. The molecule has 1 aliphatic carbocycles. The SMILES string of the molecule is COc1cc2c(cc1OC)C(c1ccc(SC)cc1)C1=C(CCCC1=O)N2. The van der Waals surface area contributed by atoms with Gasteiger partial charge in [0.2, 0.25) is 0 Å². The molecule has 5 heteroatoms. The van der Waals surface area contributed by atoms with Crippen molar-refractivity contribution in [3.8, 4) is 11.5 Å². The predicted molar refractivity (Wildman–Crippen MR) is 109 cm³/mol. The van der Waals surface area contributed by atoms with Crippen molar-refractivity contribution in [1.29, 1.82) is 0 Å². The molecule has 0 saturated carbocycles. The normalized spacial score (nSPS) is 18.5. The van der Waals surface area contributed by atoms with Crippen LogP contribution in [0.3, 0.4) is 0 Å². The molecule has 0 spiro atoms. The van der Waals surface area contributed by atoms with Crippen LogP contribution in [0.15, 0.2) is 52.6 Å². The second-order valence-corrected chi connectivity index (χ2v) is 7.67. The predicted octanol–water partition coefficient (Wildman–Crippen LogP) is 4.99. The minimum atomic E-state index is -0.0836. The van der Waals surface area contributed by atoms with E-state index in [1.165, 1.54) is 4.90 Å². The first-order valence-electron chi connectivity index (χ1n) is 9.09. The van der Waals surface area contributed by atoms with Crippen LogP contribution in [0.1, 0.15) is 36.3 Å². The number of methoxy groups -OCH3 is 2. The van der Waals surface area contributed by atoms with Crippen LogP contribution >= 0.6 is 11.8 Å². The molecular weight excluding hydrogens is 358 g/mol. The summed E-state index contributed by atoms with van der Waals surface area (Å²) in [4.78, 5) is 14.1. The van der Waals surface area contributed by atoms with Gasteiger partial charge < -0.3 is 14.8 Å². The van der Waals surface area contributed by atoms with E-state index in [0.717, 1.165) is 40.9 Å². The molecule has 1 N–H and O–H groups in total. The fraction of sp³-hybridized carbons (Fsp3) is 0.318. The van der Waals surface area contributed by atoms with E-state index in [2.05, 4.69) is 35.8 Å². The van der Waals surface area contributed by atoms with Crippen molar-refractivity contribution >= 4 is 23.2 Å². The van der Waals surface area contributed by atoms with Crippen molar-refractivity contribution in [2.45, 2.75) is 30.1 Å². The Morgan fingerprint density at radius 2 is 1.74 bits per heavy atom. The molecular formula is C22H23NO3S. The summed E-state index contributed by atoms with van der Waals surface area (Å²) < 4.78 is 11.0. The Morgan fingerprint density at radius 3 is 2.41 bits per heavy atom. The van der Waals surface area contributed by atoms with Crippen molar-refractivity contribution in [3.05, 3.63) is 58.8 Å². The van der Waals surface area contributed by atoms with Crippen molar-refractivity contribution < 1.29 is 14.3 Å². The summed E-state index contributed by atoms with van der Waals surface area (Å²) in [6.45, 7) is 0. The number of hydrogen-bond donors (Lipinski definition) is 1. The van der Waals surface area contributed by atoms with Gasteiger partial charge in [-0.05, 0) is 48.4 Å². The van der Waals surface area contributed by atoms with Crippen molar-refractivity contribution in [3.63, 3.8) is 0 Å². The quantitative estimate of drug-likeness (QED) is 0.756. The first-order chi connectivity index (χ1) is 13.2. The minimum absolute atomic E-state index is 0.0836. The third-order valence-corrected chi connectivity index (χ3v) is 6.09. The third kappa shape index (κ3) is 3.10. The van der Waals surface area contributed by atoms with Gasteiger partial charge in [0.1, 0.15) is 0 Å². The van der Waals surface area contributed by atoms with Crippen LogP contribution < -0.4 is 14.8 Å². The summed E-state index contributed by atoms with van der Waals surface area (Å²) in [6, 6.07) is 12.5. The molecule has 2 aliphatic rings. The number of thioether (sulfide) groups is 1. The number of ether oxygens (including phenoxy) is 2. The molecule has 1 atom stereocenters. The van der Waals surface area contributed by atoms with Gasteiger partial charge >= 0.3 is 0 Å². The highest BCUT2D eigenvalue weighted by Crippen LogP contribution is 2.48. The fourth-order valence-electron chi connectivity index (χ4n) is 4.03. The number of carbonyl (C=O) groups excluding carboxylic acids is 1. The molecule has 0 radical (unpaired) electrons. The van der Waals surface area contributed by atoms with E-state index in [-0.39, 0.29) is 11.7 Å². The number of carbonyl (C=O) groups is 1. The number of fused-ring (bicyclic) bond motifs is 1. The van der Waals surface area contributed by atoms with Crippen LogP contribution in [0, 0.1) is 0 Å². The number of rotatable bonds is 4. The molecule has 1 aliphatic heterocycles. The highest BCUT2D eigenvalue weighted by atomic mass is 32.2. The lowest BCUT2D eigenvalue weighted by Crippen LogP contribution is -2.27. The van der Waals surface area contributed by atoms with Gasteiger partial charge in [-0.3, -0.25) is 4.79 Å². The average Bonchev–Trinajstić information content (AvgIpc) is 2.71. The molecule has 0 bridgehead atoms. The Balaban J connectivity index is 1.92. The molecule has 0 aromatic heterocycles. The van der Waals surface area contributed by atoms with Gasteiger partial charge in [-0.1, -0.05) is 12.1 Å². The summed E-state index contributed by atoms with van der Waals surface area (Å²) in [6.07, 6.45) is 4.47. The maximum absolute atomic E-state index is 12.9. The van der Waals surface area contributed by atoms with Gasteiger partial charge in [-0.15, -0.1) is 11.8 Å². The second-order valence-electron chi connectivity index (χ2n) is 6.79. The smallest absolute Gasteiger partial charge is 0.162 e. The van der Waals surface area contributed by atoms with E-state index in [1.807, 2.05) is 12.1 Å². The van der Waals surface area contributed by atoms with Gasteiger partial charge in [-0.2, -0.15) is 0 Å². The number of anilines is 1. The van der Waals surface area contributed by atoms with E-state index in [1.54, 1.807) is 26.0 Å². The lowest BCUT2D eigenvalue weighted by molar-refractivity contribution is -0.116. The van der Waals surface area contributed by atoms with E-state index in [0.29, 0.717) is 17.9 Å². The summed E-state index contributed by atoms with van der Waals surface area (Å²) >= 11 is 1.72. The van der Waals surface area contributed by atoms with Crippen LogP contribution in [0.4, 0.5) is 5.69 Å². The van der Waals surface area contributed by atoms with Crippen LogP contribution in [0.25, 0.3) is 0 Å². The number of Topliss-reactive ketones (excluding diaryl/α,β-unsaturated/α-hetero) is 1. The molecule has 0 fully saturated rings. The zero-order valence-corrected chi connectivity index (χ0v) is 16.6. The van der Waals surface area contributed by atoms with Crippen LogP contribution in [0.2, 0.25) is 0 Å². The lowest BCUT2D eigenvalue weighted by atomic mass is 9.75. The highest BCUT2D eigenvalue weighted by molar-refractivity contribution is 7.98. The molecule has 140 valence electrons. The summed E-state index contributed by atoms with van der Waals surface area (Å²) in [5.41, 5.74) is 5.12. The van der Waals surface area contributed by atoms with E-state index < -0.39 is 0 Å². The second kappa shape index (κ2) is 7.31. The van der Waals surface area contributed by atoms with E-state index in [9.17, 15) is 4.79 Å². The maximum Gasteiger partial charge on any atom is 0.162 e. The number of nitrogens with one attached hydrogen (secondary N) is 1. The molecule has 1 unspecified atom stereocenters. The highest BCUT2D eigenvalue weighted by Gasteiger charge is 2.35. The summed E-state index contributed by atoms with van der Waals surface area (Å²) in [7, 11) is 3.28. The topological polar surface area (TPSA) is 47.6 Å². The number of hydrogen-bond acceptors (Lipinski definition) is 5. The zero-order chi connectivity index (χ0) is 19.0. The Hall–Kier alpha value is -2.40. The first kappa shape index (κ1) is 18.0. The first-order valence-corrected chi connectivity index (χ1v) is 10.3. The van der Waals surface area contributed by atoms with Gasteiger partial charge in [0.05, 0.1) is 14.2 Å². The Bertz CT molecular complexity index is 918. The van der Waals surface area contributed by atoms with Crippen molar-refractivity contribution in [2.24, 2.45) is 0 Å². The Kier molecular flexibility index (Phi) is 4.87. The Labute approximate surface area is 163 Å².